The van der Waals surface area contributed by atoms with Crippen molar-refractivity contribution in [1.29, 1.82) is 0 Å². The Morgan fingerprint density at radius 1 is 1.00 bits per heavy atom. The number of benzene rings is 1. The average Bonchev–Trinajstić information content (AvgIpc) is 2.67. The van der Waals surface area contributed by atoms with E-state index in [0.29, 0.717) is 43.2 Å². The molecular weight excluding hydrogens is 318 g/mol. The summed E-state index contributed by atoms with van der Waals surface area (Å²) < 4.78 is 0. The standard InChI is InChI=1S/C17H17N7O/c1-12-3-4-13-14(11-12)20-15(22-21-13)16(25)23-7-9-24(10-8-23)17-18-5-2-6-19-17/h2-6,11H,7-10H2,1H3. The Labute approximate surface area is 144 Å². The first-order valence-electron chi connectivity index (χ1n) is 8.13. The van der Waals surface area contributed by atoms with Crippen LogP contribution in [0.15, 0.2) is 36.7 Å². The van der Waals surface area contributed by atoms with Crippen LogP contribution in [0.5, 0.6) is 0 Å². The van der Waals surface area contributed by atoms with Gasteiger partial charge in [0.25, 0.3) is 5.91 Å². The van der Waals surface area contributed by atoms with E-state index in [1.807, 2.05) is 25.1 Å². The molecule has 0 bridgehead atoms. The van der Waals surface area contributed by atoms with Gasteiger partial charge in [0.2, 0.25) is 11.8 Å². The summed E-state index contributed by atoms with van der Waals surface area (Å²) in [7, 11) is 0. The van der Waals surface area contributed by atoms with E-state index in [2.05, 4.69) is 30.0 Å². The average molecular weight is 335 g/mol. The Kier molecular flexibility index (Phi) is 3.93. The Morgan fingerprint density at radius 2 is 1.76 bits per heavy atom. The topological polar surface area (TPSA) is 88.0 Å². The lowest BCUT2D eigenvalue weighted by Gasteiger charge is -2.34. The summed E-state index contributed by atoms with van der Waals surface area (Å²) in [5, 5.41) is 8.11. The highest BCUT2D eigenvalue weighted by molar-refractivity contribution is 5.92. The molecule has 0 atom stereocenters. The van der Waals surface area contributed by atoms with Gasteiger partial charge in [0.1, 0.15) is 5.52 Å². The molecule has 0 unspecified atom stereocenters. The molecule has 0 saturated carbocycles. The molecule has 0 N–H and O–H groups in total. The van der Waals surface area contributed by atoms with E-state index in [0.717, 1.165) is 5.56 Å². The Balaban J connectivity index is 1.49. The van der Waals surface area contributed by atoms with E-state index >= 15 is 0 Å². The van der Waals surface area contributed by atoms with Crippen LogP contribution in [0.1, 0.15) is 16.2 Å². The molecule has 4 rings (SSSR count). The fourth-order valence-corrected chi connectivity index (χ4v) is 2.84. The number of hydrogen-bond acceptors (Lipinski definition) is 7. The van der Waals surface area contributed by atoms with Gasteiger partial charge in [-0.15, -0.1) is 10.2 Å². The molecule has 1 aromatic carbocycles. The summed E-state index contributed by atoms with van der Waals surface area (Å²) >= 11 is 0. The van der Waals surface area contributed by atoms with E-state index < -0.39 is 0 Å². The van der Waals surface area contributed by atoms with Gasteiger partial charge in [0.05, 0.1) is 5.52 Å². The SMILES string of the molecule is Cc1ccc2nnc(C(=O)N3CCN(c4ncccn4)CC3)nc2c1. The maximum absolute atomic E-state index is 12.7. The minimum atomic E-state index is -0.190. The number of anilines is 1. The summed E-state index contributed by atoms with van der Waals surface area (Å²) in [6.45, 7) is 4.48. The fourth-order valence-electron chi connectivity index (χ4n) is 2.84. The molecule has 25 heavy (non-hydrogen) atoms. The Hall–Kier alpha value is -3.16. The summed E-state index contributed by atoms with van der Waals surface area (Å²) in [5.41, 5.74) is 2.45. The molecule has 1 aliphatic heterocycles. The number of carbonyl (C=O) groups is 1. The number of rotatable bonds is 2. The number of piperazine rings is 1. The van der Waals surface area contributed by atoms with Gasteiger partial charge < -0.3 is 9.80 Å². The predicted molar refractivity (Wildman–Crippen MR) is 92.2 cm³/mol. The van der Waals surface area contributed by atoms with Crippen molar-refractivity contribution in [2.75, 3.05) is 31.1 Å². The summed E-state index contributed by atoms with van der Waals surface area (Å²) in [6.07, 6.45) is 3.44. The summed E-state index contributed by atoms with van der Waals surface area (Å²) in [4.78, 5) is 29.4. The molecule has 1 saturated heterocycles. The second kappa shape index (κ2) is 6.39. The van der Waals surface area contributed by atoms with E-state index in [1.54, 1.807) is 23.4 Å². The third kappa shape index (κ3) is 3.10. The molecule has 2 aromatic heterocycles. The third-order valence-corrected chi connectivity index (χ3v) is 4.20. The number of carbonyl (C=O) groups excluding carboxylic acids is 1. The molecule has 126 valence electrons. The van der Waals surface area contributed by atoms with Gasteiger partial charge in [-0.3, -0.25) is 4.79 Å². The van der Waals surface area contributed by atoms with Crippen LogP contribution in [0.3, 0.4) is 0 Å². The van der Waals surface area contributed by atoms with E-state index in [1.165, 1.54) is 0 Å². The lowest BCUT2D eigenvalue weighted by molar-refractivity contribution is 0.0733. The monoisotopic (exact) mass is 335 g/mol. The Morgan fingerprint density at radius 3 is 2.52 bits per heavy atom. The molecule has 1 fully saturated rings. The van der Waals surface area contributed by atoms with Crippen LogP contribution in [0.2, 0.25) is 0 Å². The highest BCUT2D eigenvalue weighted by atomic mass is 16.2. The predicted octanol–water partition coefficient (Wildman–Crippen LogP) is 1.09. The lowest BCUT2D eigenvalue weighted by Crippen LogP contribution is -2.49. The molecule has 1 amide bonds. The minimum Gasteiger partial charge on any atom is -0.337 e. The first kappa shape index (κ1) is 15.4. The normalized spacial score (nSPS) is 14.8. The van der Waals surface area contributed by atoms with Crippen molar-refractivity contribution >= 4 is 22.9 Å². The number of amides is 1. The van der Waals surface area contributed by atoms with Crippen molar-refractivity contribution in [3.8, 4) is 0 Å². The fraction of sp³-hybridized carbons (Fsp3) is 0.294. The van der Waals surface area contributed by atoms with Crippen molar-refractivity contribution in [3.63, 3.8) is 0 Å². The van der Waals surface area contributed by atoms with Crippen LogP contribution in [0.25, 0.3) is 11.0 Å². The van der Waals surface area contributed by atoms with Crippen LogP contribution >= 0.6 is 0 Å². The number of fused-ring (bicyclic) bond motifs is 1. The van der Waals surface area contributed by atoms with Crippen molar-refractivity contribution in [3.05, 3.63) is 48.0 Å². The van der Waals surface area contributed by atoms with Crippen LogP contribution in [0, 0.1) is 6.92 Å². The molecule has 0 radical (unpaired) electrons. The largest absolute Gasteiger partial charge is 0.337 e. The first-order chi connectivity index (χ1) is 12.2. The van der Waals surface area contributed by atoms with Crippen LogP contribution in [-0.2, 0) is 0 Å². The van der Waals surface area contributed by atoms with Gasteiger partial charge in [0.15, 0.2) is 0 Å². The summed E-state index contributed by atoms with van der Waals surface area (Å²) in [5.74, 6) is 0.640. The van der Waals surface area contributed by atoms with Crippen molar-refractivity contribution in [2.45, 2.75) is 6.92 Å². The first-order valence-corrected chi connectivity index (χ1v) is 8.13. The van der Waals surface area contributed by atoms with Gasteiger partial charge in [-0.05, 0) is 30.7 Å². The van der Waals surface area contributed by atoms with Gasteiger partial charge in [0, 0.05) is 38.6 Å². The zero-order valence-corrected chi connectivity index (χ0v) is 13.8. The summed E-state index contributed by atoms with van der Waals surface area (Å²) in [6, 6.07) is 7.50. The number of hydrogen-bond donors (Lipinski definition) is 0. The molecule has 0 aliphatic carbocycles. The molecular formula is C17H17N7O. The zero-order chi connectivity index (χ0) is 17.2. The van der Waals surface area contributed by atoms with Crippen molar-refractivity contribution < 1.29 is 4.79 Å². The van der Waals surface area contributed by atoms with Crippen molar-refractivity contribution in [2.24, 2.45) is 0 Å². The maximum Gasteiger partial charge on any atom is 0.293 e. The highest BCUT2D eigenvalue weighted by Crippen LogP contribution is 2.13. The second-order valence-corrected chi connectivity index (χ2v) is 5.96. The van der Waals surface area contributed by atoms with E-state index in [4.69, 9.17) is 0 Å². The molecule has 0 spiro atoms. The van der Waals surface area contributed by atoms with Crippen molar-refractivity contribution in [1.82, 2.24) is 30.0 Å². The highest BCUT2D eigenvalue weighted by Gasteiger charge is 2.25. The third-order valence-electron chi connectivity index (χ3n) is 4.20. The molecule has 8 nitrogen and oxygen atoms in total. The number of nitrogens with zero attached hydrogens (tertiary/aromatic N) is 7. The van der Waals surface area contributed by atoms with E-state index in [-0.39, 0.29) is 11.7 Å². The zero-order valence-electron chi connectivity index (χ0n) is 13.8. The minimum absolute atomic E-state index is 0.141. The molecule has 1 aliphatic rings. The number of aryl methyl sites for hydroxylation is 1. The van der Waals surface area contributed by atoms with Gasteiger partial charge in [-0.2, -0.15) is 0 Å². The van der Waals surface area contributed by atoms with Crippen LogP contribution in [0.4, 0.5) is 5.95 Å². The molecule has 3 aromatic rings. The molecule has 3 heterocycles. The lowest BCUT2D eigenvalue weighted by atomic mass is 10.2. The van der Waals surface area contributed by atoms with Gasteiger partial charge in [-0.25, -0.2) is 15.0 Å². The molecule has 8 heteroatoms. The second-order valence-electron chi connectivity index (χ2n) is 5.96. The quantitative estimate of drug-likeness (QED) is 0.692. The van der Waals surface area contributed by atoms with E-state index in [9.17, 15) is 4.79 Å². The van der Waals surface area contributed by atoms with Gasteiger partial charge in [-0.1, -0.05) is 6.07 Å². The van der Waals surface area contributed by atoms with Gasteiger partial charge >= 0.3 is 0 Å². The smallest absolute Gasteiger partial charge is 0.293 e. The van der Waals surface area contributed by atoms with Crippen LogP contribution < -0.4 is 4.90 Å². The maximum atomic E-state index is 12.7. The van der Waals surface area contributed by atoms with Crippen LogP contribution in [-0.4, -0.2) is 62.1 Å². The number of aromatic nitrogens is 5. The Bertz CT molecular complexity index is 907.